The number of nitrogens with one attached hydrogen (secondary N) is 2. The second-order valence-electron chi connectivity index (χ2n) is 7.14. The molecule has 0 bridgehead atoms. The minimum Gasteiger partial charge on any atom is -0.345 e. The van der Waals surface area contributed by atoms with Crippen molar-refractivity contribution < 1.29 is 13.2 Å². The number of H-pyrrole nitrogens is 1. The van der Waals surface area contributed by atoms with Gasteiger partial charge in [0.25, 0.3) is 0 Å². The van der Waals surface area contributed by atoms with Crippen molar-refractivity contribution in [3.05, 3.63) is 54.4 Å². The van der Waals surface area contributed by atoms with Crippen LogP contribution in [0.25, 0.3) is 11.0 Å². The number of piperidine rings is 1. The highest BCUT2D eigenvalue weighted by atomic mass is 32.2. The average molecular weight is 398 g/mol. The van der Waals surface area contributed by atoms with Crippen molar-refractivity contribution >= 4 is 32.7 Å². The Morgan fingerprint density at radius 1 is 1.21 bits per heavy atom. The molecule has 1 aliphatic rings. The van der Waals surface area contributed by atoms with Crippen molar-refractivity contribution in [1.29, 1.82) is 0 Å². The first-order valence-corrected chi connectivity index (χ1v) is 10.7. The van der Waals surface area contributed by atoms with Crippen LogP contribution in [0.3, 0.4) is 0 Å². The van der Waals surface area contributed by atoms with Gasteiger partial charge in [-0.05, 0) is 50.1 Å². The summed E-state index contributed by atoms with van der Waals surface area (Å²) >= 11 is 0. The van der Waals surface area contributed by atoms with Gasteiger partial charge in [-0.3, -0.25) is 4.79 Å². The van der Waals surface area contributed by atoms with E-state index in [1.165, 1.54) is 4.31 Å². The van der Waals surface area contributed by atoms with E-state index in [0.29, 0.717) is 25.1 Å². The van der Waals surface area contributed by atoms with E-state index in [0.717, 1.165) is 16.6 Å². The van der Waals surface area contributed by atoms with E-state index in [2.05, 4.69) is 15.3 Å². The molecule has 3 aromatic rings. The number of imidazole rings is 1. The van der Waals surface area contributed by atoms with Crippen LogP contribution < -0.4 is 5.32 Å². The molecule has 28 heavy (non-hydrogen) atoms. The van der Waals surface area contributed by atoms with Crippen LogP contribution in [-0.2, 0) is 14.8 Å². The van der Waals surface area contributed by atoms with E-state index >= 15 is 0 Å². The summed E-state index contributed by atoms with van der Waals surface area (Å²) in [6, 6.07) is 12.3. The number of fused-ring (bicyclic) bond motifs is 1. The molecule has 0 saturated carbocycles. The fraction of sp³-hybridized carbons (Fsp3) is 0.300. The molecule has 2 aromatic carbocycles. The van der Waals surface area contributed by atoms with Gasteiger partial charge in [0, 0.05) is 18.8 Å². The van der Waals surface area contributed by atoms with Crippen LogP contribution in [0.2, 0.25) is 0 Å². The highest BCUT2D eigenvalue weighted by Crippen LogP contribution is 2.25. The van der Waals surface area contributed by atoms with Crippen LogP contribution in [0, 0.1) is 12.8 Å². The summed E-state index contributed by atoms with van der Waals surface area (Å²) in [5, 5.41) is 2.90. The van der Waals surface area contributed by atoms with Crippen molar-refractivity contribution in [2.45, 2.75) is 24.7 Å². The number of benzene rings is 2. The van der Waals surface area contributed by atoms with E-state index < -0.39 is 10.0 Å². The molecular weight excluding hydrogens is 376 g/mol. The Hall–Kier alpha value is -2.71. The van der Waals surface area contributed by atoms with Gasteiger partial charge >= 0.3 is 0 Å². The van der Waals surface area contributed by atoms with Gasteiger partial charge in [-0.15, -0.1) is 0 Å². The summed E-state index contributed by atoms with van der Waals surface area (Å²) in [5.41, 5.74) is 3.33. The van der Waals surface area contributed by atoms with Crippen LogP contribution in [0.4, 0.5) is 5.69 Å². The summed E-state index contributed by atoms with van der Waals surface area (Å²) in [4.78, 5) is 20.2. The van der Waals surface area contributed by atoms with Crippen molar-refractivity contribution in [1.82, 2.24) is 14.3 Å². The minimum atomic E-state index is -3.60. The van der Waals surface area contributed by atoms with Gasteiger partial charge in [-0.2, -0.15) is 4.31 Å². The Morgan fingerprint density at radius 2 is 2.00 bits per heavy atom. The van der Waals surface area contributed by atoms with Crippen molar-refractivity contribution in [3.8, 4) is 0 Å². The molecule has 2 N–H and O–H groups in total. The van der Waals surface area contributed by atoms with Crippen LogP contribution in [0.15, 0.2) is 53.7 Å². The number of aromatic nitrogens is 2. The lowest BCUT2D eigenvalue weighted by Crippen LogP contribution is -2.43. The number of nitrogens with zero attached hydrogens (tertiary/aromatic N) is 2. The molecule has 1 atom stereocenters. The SMILES string of the molecule is Cc1ccc(S(=O)(=O)N2CCCC(C(=O)Nc3ccc4nc[nH]c4c3)C2)cc1. The topological polar surface area (TPSA) is 95.2 Å². The third-order valence-corrected chi connectivity index (χ3v) is 6.98. The highest BCUT2D eigenvalue weighted by Gasteiger charge is 2.33. The average Bonchev–Trinajstić information content (AvgIpc) is 3.16. The Labute approximate surface area is 163 Å². The Balaban J connectivity index is 1.48. The number of amides is 1. The normalized spacial score (nSPS) is 18.2. The lowest BCUT2D eigenvalue weighted by atomic mass is 9.98. The van der Waals surface area contributed by atoms with Crippen LogP contribution in [-0.4, -0.2) is 41.7 Å². The van der Waals surface area contributed by atoms with Gasteiger partial charge in [0.1, 0.15) is 0 Å². The number of carbonyl (C=O) groups is 1. The zero-order valence-electron chi connectivity index (χ0n) is 15.6. The molecule has 2 heterocycles. The van der Waals surface area contributed by atoms with E-state index in [-0.39, 0.29) is 23.3 Å². The molecular formula is C20H22N4O3S. The third kappa shape index (κ3) is 3.65. The molecule has 1 fully saturated rings. The first-order valence-electron chi connectivity index (χ1n) is 9.24. The summed E-state index contributed by atoms with van der Waals surface area (Å²) in [6.45, 7) is 2.53. The second kappa shape index (κ2) is 7.37. The van der Waals surface area contributed by atoms with Crippen LogP contribution >= 0.6 is 0 Å². The second-order valence-corrected chi connectivity index (χ2v) is 9.08. The molecule has 0 radical (unpaired) electrons. The van der Waals surface area contributed by atoms with Gasteiger partial charge in [-0.25, -0.2) is 13.4 Å². The fourth-order valence-electron chi connectivity index (χ4n) is 3.49. The van der Waals surface area contributed by atoms with Gasteiger partial charge in [0.05, 0.1) is 28.2 Å². The van der Waals surface area contributed by atoms with E-state index in [1.54, 1.807) is 36.7 Å². The molecule has 1 unspecified atom stereocenters. The van der Waals surface area contributed by atoms with Gasteiger partial charge in [0.15, 0.2) is 0 Å². The number of aryl methyl sites for hydroxylation is 1. The standard InChI is InChI=1S/C20H22N4O3S/c1-14-4-7-17(8-5-14)28(26,27)24-10-2-3-15(12-24)20(25)23-16-6-9-18-19(11-16)22-13-21-18/h4-9,11,13,15H,2-3,10,12H2,1H3,(H,21,22)(H,23,25). The summed E-state index contributed by atoms with van der Waals surface area (Å²) in [5.74, 6) is -0.547. The maximum Gasteiger partial charge on any atom is 0.243 e. The first kappa shape index (κ1) is 18.6. The Bertz CT molecular complexity index is 1110. The largest absolute Gasteiger partial charge is 0.345 e. The number of hydrogen-bond acceptors (Lipinski definition) is 4. The van der Waals surface area contributed by atoms with Crippen molar-refractivity contribution in [2.24, 2.45) is 5.92 Å². The summed E-state index contributed by atoms with van der Waals surface area (Å²) < 4.78 is 27.3. The Kier molecular flexibility index (Phi) is 4.91. The van der Waals surface area contributed by atoms with Gasteiger partial charge in [-0.1, -0.05) is 17.7 Å². The predicted molar refractivity (Wildman–Crippen MR) is 107 cm³/mol. The molecule has 1 aliphatic heterocycles. The third-order valence-electron chi connectivity index (χ3n) is 5.10. The molecule has 1 aromatic heterocycles. The van der Waals surface area contributed by atoms with E-state index in [1.807, 2.05) is 19.1 Å². The summed E-state index contributed by atoms with van der Waals surface area (Å²) in [6.07, 6.45) is 2.92. The molecule has 146 valence electrons. The summed E-state index contributed by atoms with van der Waals surface area (Å²) in [7, 11) is -3.60. The predicted octanol–water partition coefficient (Wildman–Crippen LogP) is 2.91. The number of hydrogen-bond donors (Lipinski definition) is 2. The molecule has 0 aliphatic carbocycles. The number of rotatable bonds is 4. The molecule has 7 nitrogen and oxygen atoms in total. The van der Waals surface area contributed by atoms with Crippen LogP contribution in [0.1, 0.15) is 18.4 Å². The fourth-order valence-corrected chi connectivity index (χ4v) is 5.02. The lowest BCUT2D eigenvalue weighted by molar-refractivity contribution is -0.120. The molecule has 4 rings (SSSR count). The van der Waals surface area contributed by atoms with E-state index in [9.17, 15) is 13.2 Å². The highest BCUT2D eigenvalue weighted by molar-refractivity contribution is 7.89. The molecule has 1 saturated heterocycles. The lowest BCUT2D eigenvalue weighted by Gasteiger charge is -2.31. The smallest absolute Gasteiger partial charge is 0.243 e. The zero-order valence-corrected chi connectivity index (χ0v) is 16.4. The van der Waals surface area contributed by atoms with Crippen LogP contribution in [0.5, 0.6) is 0 Å². The number of anilines is 1. The van der Waals surface area contributed by atoms with E-state index in [4.69, 9.17) is 0 Å². The zero-order chi connectivity index (χ0) is 19.7. The van der Waals surface area contributed by atoms with Gasteiger partial charge in [0.2, 0.25) is 15.9 Å². The number of carbonyl (C=O) groups excluding carboxylic acids is 1. The first-order chi connectivity index (χ1) is 13.4. The Morgan fingerprint density at radius 3 is 2.79 bits per heavy atom. The van der Waals surface area contributed by atoms with Gasteiger partial charge < -0.3 is 10.3 Å². The van der Waals surface area contributed by atoms with Crippen molar-refractivity contribution in [2.75, 3.05) is 18.4 Å². The molecule has 0 spiro atoms. The maximum atomic E-state index is 12.9. The van der Waals surface area contributed by atoms with Crippen molar-refractivity contribution in [3.63, 3.8) is 0 Å². The number of sulfonamides is 1. The molecule has 8 heteroatoms. The quantitative estimate of drug-likeness (QED) is 0.706. The minimum absolute atomic E-state index is 0.164. The molecule has 1 amide bonds. The maximum absolute atomic E-state index is 12.9. The monoisotopic (exact) mass is 398 g/mol. The number of aromatic amines is 1.